The minimum atomic E-state index is 0.448. The van der Waals surface area contributed by atoms with Gasteiger partial charge in [0.2, 0.25) is 0 Å². The molecule has 0 aliphatic carbocycles. The Balaban J connectivity index is 1.63. The van der Waals surface area contributed by atoms with E-state index in [9.17, 15) is 0 Å². The Morgan fingerprint density at radius 1 is 0.880 bits per heavy atom. The van der Waals surface area contributed by atoms with Crippen molar-refractivity contribution < 1.29 is 4.74 Å². The van der Waals surface area contributed by atoms with Crippen LogP contribution >= 0.6 is 23.2 Å². The van der Waals surface area contributed by atoms with Crippen LogP contribution in [0, 0.1) is 6.92 Å². The van der Waals surface area contributed by atoms with Crippen molar-refractivity contribution in [3.8, 4) is 5.75 Å². The van der Waals surface area contributed by atoms with Crippen LogP contribution in [0.25, 0.3) is 0 Å². The van der Waals surface area contributed by atoms with Gasteiger partial charge in [-0.15, -0.1) is 0 Å². The first-order valence-electron chi connectivity index (χ1n) is 8.07. The zero-order valence-corrected chi connectivity index (χ0v) is 15.4. The van der Waals surface area contributed by atoms with Crippen molar-refractivity contribution in [2.75, 3.05) is 5.32 Å². The number of rotatable bonds is 6. The van der Waals surface area contributed by atoms with E-state index in [0.717, 1.165) is 38.2 Å². The van der Waals surface area contributed by atoms with E-state index in [1.54, 1.807) is 0 Å². The van der Waals surface area contributed by atoms with E-state index in [-0.39, 0.29) is 0 Å². The second kappa shape index (κ2) is 8.28. The van der Waals surface area contributed by atoms with E-state index in [2.05, 4.69) is 11.4 Å². The molecule has 25 heavy (non-hydrogen) atoms. The molecule has 0 fully saturated rings. The maximum absolute atomic E-state index is 6.17. The van der Waals surface area contributed by atoms with Gasteiger partial charge in [0.1, 0.15) is 12.4 Å². The highest BCUT2D eigenvalue weighted by Crippen LogP contribution is 2.24. The summed E-state index contributed by atoms with van der Waals surface area (Å²) in [4.78, 5) is 0. The molecule has 0 aliphatic rings. The Bertz CT molecular complexity index is 864. The summed E-state index contributed by atoms with van der Waals surface area (Å²) < 4.78 is 5.88. The average molecular weight is 372 g/mol. The quantitative estimate of drug-likeness (QED) is 0.534. The van der Waals surface area contributed by atoms with Gasteiger partial charge in [-0.2, -0.15) is 0 Å². The molecule has 0 saturated carbocycles. The maximum atomic E-state index is 6.17. The molecule has 0 aliphatic heterocycles. The summed E-state index contributed by atoms with van der Waals surface area (Å²) in [5.41, 5.74) is 4.20. The third-order valence-electron chi connectivity index (χ3n) is 4.00. The van der Waals surface area contributed by atoms with Gasteiger partial charge in [0.05, 0.1) is 0 Å². The molecule has 3 aromatic carbocycles. The Morgan fingerprint density at radius 2 is 1.64 bits per heavy atom. The van der Waals surface area contributed by atoms with Gasteiger partial charge in [0.15, 0.2) is 0 Å². The molecule has 0 atom stereocenters. The topological polar surface area (TPSA) is 21.3 Å². The largest absolute Gasteiger partial charge is 0.489 e. The van der Waals surface area contributed by atoms with E-state index in [4.69, 9.17) is 27.9 Å². The lowest BCUT2D eigenvalue weighted by Gasteiger charge is -2.12. The molecule has 0 heterocycles. The minimum absolute atomic E-state index is 0.448. The monoisotopic (exact) mass is 371 g/mol. The summed E-state index contributed by atoms with van der Waals surface area (Å²) in [6.45, 7) is 3.15. The summed E-state index contributed by atoms with van der Waals surface area (Å²) in [5, 5.41) is 4.90. The molecule has 0 saturated heterocycles. The fraction of sp³-hybridized carbons (Fsp3) is 0.143. The van der Waals surface area contributed by atoms with Crippen LogP contribution in [-0.4, -0.2) is 0 Å². The molecule has 1 N–H and O–H groups in total. The highest BCUT2D eigenvalue weighted by Gasteiger charge is 2.04. The van der Waals surface area contributed by atoms with Gasteiger partial charge in [-0.05, 0) is 48.4 Å². The Labute approximate surface area is 158 Å². The minimum Gasteiger partial charge on any atom is -0.489 e. The lowest BCUT2D eigenvalue weighted by atomic mass is 10.1. The molecule has 4 heteroatoms. The number of ether oxygens (including phenoxy) is 1. The van der Waals surface area contributed by atoms with Crippen LogP contribution in [-0.2, 0) is 13.2 Å². The predicted molar refractivity (Wildman–Crippen MR) is 106 cm³/mol. The van der Waals surface area contributed by atoms with E-state index in [1.807, 2.05) is 67.6 Å². The van der Waals surface area contributed by atoms with Crippen molar-refractivity contribution in [3.63, 3.8) is 0 Å². The van der Waals surface area contributed by atoms with Crippen molar-refractivity contribution in [1.82, 2.24) is 0 Å². The third-order valence-corrected chi connectivity index (χ3v) is 4.78. The highest BCUT2D eigenvalue weighted by atomic mass is 35.5. The van der Waals surface area contributed by atoms with Crippen molar-refractivity contribution in [2.45, 2.75) is 20.1 Å². The molecular weight excluding hydrogens is 353 g/mol. The van der Waals surface area contributed by atoms with E-state index in [0.29, 0.717) is 13.2 Å². The van der Waals surface area contributed by atoms with Crippen LogP contribution < -0.4 is 10.1 Å². The van der Waals surface area contributed by atoms with Crippen molar-refractivity contribution in [3.05, 3.63) is 93.5 Å². The molecule has 0 bridgehead atoms. The van der Waals surface area contributed by atoms with Gasteiger partial charge in [-0.3, -0.25) is 0 Å². The van der Waals surface area contributed by atoms with Crippen LogP contribution in [0.2, 0.25) is 10.0 Å². The second-order valence-corrected chi connectivity index (χ2v) is 6.61. The maximum Gasteiger partial charge on any atom is 0.120 e. The molecule has 2 nitrogen and oxygen atoms in total. The normalized spacial score (nSPS) is 10.5. The number of benzene rings is 3. The molecular formula is C21H19Cl2NO. The standard InChI is InChI=1S/C21H19Cl2NO/c1-15-19(22)10-5-11-21(15)24-13-16-6-4-8-18(12-16)25-14-17-7-2-3-9-20(17)23/h2-12,24H,13-14H2,1H3. The molecule has 0 amide bonds. The second-order valence-electron chi connectivity index (χ2n) is 5.79. The van der Waals surface area contributed by atoms with Gasteiger partial charge < -0.3 is 10.1 Å². The fourth-order valence-corrected chi connectivity index (χ4v) is 2.88. The Hall–Kier alpha value is -2.16. The fourth-order valence-electron chi connectivity index (χ4n) is 2.52. The van der Waals surface area contributed by atoms with E-state index >= 15 is 0 Å². The number of anilines is 1. The summed E-state index contributed by atoms with van der Waals surface area (Å²) in [6, 6.07) is 21.6. The molecule has 3 aromatic rings. The molecule has 128 valence electrons. The number of hydrogen-bond acceptors (Lipinski definition) is 2. The lowest BCUT2D eigenvalue weighted by Crippen LogP contribution is -2.02. The van der Waals surface area contributed by atoms with Crippen LogP contribution in [0.1, 0.15) is 16.7 Å². The Kier molecular flexibility index (Phi) is 5.85. The summed E-state index contributed by atoms with van der Waals surface area (Å²) in [5.74, 6) is 0.821. The van der Waals surface area contributed by atoms with E-state index < -0.39 is 0 Å². The van der Waals surface area contributed by atoms with Crippen LogP contribution in [0.5, 0.6) is 5.75 Å². The zero-order chi connectivity index (χ0) is 17.6. The van der Waals surface area contributed by atoms with Gasteiger partial charge in [-0.25, -0.2) is 0 Å². The number of hydrogen-bond donors (Lipinski definition) is 1. The highest BCUT2D eigenvalue weighted by molar-refractivity contribution is 6.31. The molecule has 0 radical (unpaired) electrons. The van der Waals surface area contributed by atoms with Gasteiger partial charge in [-0.1, -0.05) is 59.6 Å². The SMILES string of the molecule is Cc1c(Cl)cccc1NCc1cccc(OCc2ccccc2Cl)c1. The van der Waals surface area contributed by atoms with Crippen molar-refractivity contribution in [2.24, 2.45) is 0 Å². The number of nitrogens with one attached hydrogen (secondary N) is 1. The van der Waals surface area contributed by atoms with E-state index in [1.165, 1.54) is 0 Å². The van der Waals surface area contributed by atoms with Crippen LogP contribution in [0.15, 0.2) is 66.7 Å². The lowest BCUT2D eigenvalue weighted by molar-refractivity contribution is 0.306. The Morgan fingerprint density at radius 3 is 2.48 bits per heavy atom. The van der Waals surface area contributed by atoms with Crippen molar-refractivity contribution in [1.29, 1.82) is 0 Å². The van der Waals surface area contributed by atoms with Crippen LogP contribution in [0.3, 0.4) is 0 Å². The smallest absolute Gasteiger partial charge is 0.120 e. The number of halogens is 2. The molecule has 3 rings (SSSR count). The zero-order valence-electron chi connectivity index (χ0n) is 13.9. The summed E-state index contributed by atoms with van der Waals surface area (Å²) >= 11 is 12.3. The van der Waals surface area contributed by atoms with Gasteiger partial charge in [0.25, 0.3) is 0 Å². The first-order chi connectivity index (χ1) is 12.1. The van der Waals surface area contributed by atoms with Gasteiger partial charge >= 0.3 is 0 Å². The summed E-state index contributed by atoms with van der Waals surface area (Å²) in [6.07, 6.45) is 0. The first kappa shape index (κ1) is 17.7. The third kappa shape index (κ3) is 4.68. The summed E-state index contributed by atoms with van der Waals surface area (Å²) in [7, 11) is 0. The van der Waals surface area contributed by atoms with Gasteiger partial charge in [0, 0.05) is 27.8 Å². The van der Waals surface area contributed by atoms with Crippen LogP contribution in [0.4, 0.5) is 5.69 Å². The average Bonchev–Trinajstić information content (AvgIpc) is 2.63. The predicted octanol–water partition coefficient (Wildman–Crippen LogP) is 6.49. The van der Waals surface area contributed by atoms with Crippen molar-refractivity contribution >= 4 is 28.9 Å². The molecule has 0 spiro atoms. The first-order valence-corrected chi connectivity index (χ1v) is 8.83. The molecule has 0 unspecified atom stereocenters. The molecule has 0 aromatic heterocycles.